The minimum atomic E-state index is -0.545. The van der Waals surface area contributed by atoms with Crippen LogP contribution in [0.4, 0.5) is 10.1 Å². The molecule has 0 spiro atoms. The molecule has 3 aromatic rings. The fourth-order valence-corrected chi connectivity index (χ4v) is 2.33. The van der Waals surface area contributed by atoms with E-state index in [1.165, 1.54) is 41.1 Å². The van der Waals surface area contributed by atoms with Crippen molar-refractivity contribution in [1.82, 2.24) is 25.5 Å². The number of halogens is 1. The smallest absolute Gasteiger partial charge is 0.273 e. The maximum Gasteiger partial charge on any atom is 0.273 e. The van der Waals surface area contributed by atoms with Crippen LogP contribution in [0.1, 0.15) is 21.7 Å². The zero-order valence-electron chi connectivity index (χ0n) is 13.6. The van der Waals surface area contributed by atoms with Crippen LogP contribution < -0.4 is 5.32 Å². The Kier molecular flexibility index (Phi) is 4.65. The summed E-state index contributed by atoms with van der Waals surface area (Å²) in [4.78, 5) is 22.7. The minimum absolute atomic E-state index is 0.0377. The third-order valence-electron chi connectivity index (χ3n) is 3.66. The lowest BCUT2D eigenvalue weighted by atomic mass is 10.1. The lowest BCUT2D eigenvalue weighted by Crippen LogP contribution is -2.25. The molecule has 0 atom stereocenters. The summed E-state index contributed by atoms with van der Waals surface area (Å²) >= 11 is 0. The van der Waals surface area contributed by atoms with E-state index in [4.69, 9.17) is 0 Å². The van der Waals surface area contributed by atoms with Gasteiger partial charge in [0.1, 0.15) is 5.82 Å². The highest BCUT2D eigenvalue weighted by Gasteiger charge is 2.16. The van der Waals surface area contributed by atoms with Crippen molar-refractivity contribution >= 4 is 11.6 Å². The first-order valence-corrected chi connectivity index (χ1v) is 7.52. The molecule has 132 valence electrons. The van der Waals surface area contributed by atoms with Gasteiger partial charge in [0.25, 0.3) is 11.6 Å². The SMILES string of the molecule is Cc1ccc(C(=O)NCc2nnnn2-c2cccc(F)c2)cc1[N+](=O)[O-]. The Bertz CT molecular complexity index is 988. The van der Waals surface area contributed by atoms with Crippen LogP contribution in [0.25, 0.3) is 5.69 Å². The van der Waals surface area contributed by atoms with Crippen LogP contribution in [-0.2, 0) is 6.54 Å². The molecule has 3 rings (SSSR count). The number of aryl methyl sites for hydroxylation is 1. The molecule has 0 aliphatic heterocycles. The first-order chi connectivity index (χ1) is 12.5. The maximum absolute atomic E-state index is 13.4. The highest BCUT2D eigenvalue weighted by molar-refractivity contribution is 5.94. The number of carbonyl (C=O) groups is 1. The van der Waals surface area contributed by atoms with Gasteiger partial charge in [0, 0.05) is 17.2 Å². The number of tetrazole rings is 1. The van der Waals surface area contributed by atoms with E-state index in [1.54, 1.807) is 13.0 Å². The predicted octanol–water partition coefficient (Wildman–Crippen LogP) is 1.95. The first-order valence-electron chi connectivity index (χ1n) is 7.52. The highest BCUT2D eigenvalue weighted by Crippen LogP contribution is 2.19. The molecule has 0 aliphatic carbocycles. The second-order valence-corrected chi connectivity index (χ2v) is 5.43. The average molecular weight is 356 g/mol. The lowest BCUT2D eigenvalue weighted by Gasteiger charge is -2.07. The van der Waals surface area contributed by atoms with Gasteiger partial charge in [-0.25, -0.2) is 4.39 Å². The van der Waals surface area contributed by atoms with Crippen LogP contribution in [-0.4, -0.2) is 31.0 Å². The van der Waals surface area contributed by atoms with E-state index in [0.29, 0.717) is 11.3 Å². The number of nitro groups is 1. The summed E-state index contributed by atoms with van der Waals surface area (Å²) in [6.07, 6.45) is 0. The number of benzene rings is 2. The van der Waals surface area contributed by atoms with Crippen LogP contribution in [0.15, 0.2) is 42.5 Å². The second kappa shape index (κ2) is 7.05. The maximum atomic E-state index is 13.4. The van der Waals surface area contributed by atoms with Crippen molar-refractivity contribution in [2.75, 3.05) is 0 Å². The zero-order valence-corrected chi connectivity index (χ0v) is 13.6. The average Bonchev–Trinajstić information content (AvgIpc) is 3.08. The summed E-state index contributed by atoms with van der Waals surface area (Å²) < 4.78 is 14.6. The van der Waals surface area contributed by atoms with E-state index in [2.05, 4.69) is 20.8 Å². The molecular formula is C16H13FN6O3. The Labute approximate surface area is 146 Å². The van der Waals surface area contributed by atoms with Gasteiger partial charge in [-0.2, -0.15) is 4.68 Å². The van der Waals surface area contributed by atoms with Gasteiger partial charge in [-0.15, -0.1) is 5.10 Å². The lowest BCUT2D eigenvalue weighted by molar-refractivity contribution is -0.385. The number of nitrogens with zero attached hydrogens (tertiary/aromatic N) is 5. The number of rotatable bonds is 5. The fourth-order valence-electron chi connectivity index (χ4n) is 2.33. The number of hydrogen-bond donors (Lipinski definition) is 1. The molecule has 10 heteroatoms. The summed E-state index contributed by atoms with van der Waals surface area (Å²) in [7, 11) is 0. The predicted molar refractivity (Wildman–Crippen MR) is 88.1 cm³/mol. The van der Waals surface area contributed by atoms with Gasteiger partial charge in [0.2, 0.25) is 0 Å². The molecule has 0 unspecified atom stereocenters. The fraction of sp³-hybridized carbons (Fsp3) is 0.125. The Morgan fingerprint density at radius 1 is 1.31 bits per heavy atom. The largest absolute Gasteiger partial charge is 0.345 e. The van der Waals surface area contributed by atoms with Gasteiger partial charge >= 0.3 is 0 Å². The van der Waals surface area contributed by atoms with Crippen molar-refractivity contribution in [2.24, 2.45) is 0 Å². The molecule has 0 saturated heterocycles. The molecule has 1 aromatic heterocycles. The van der Waals surface area contributed by atoms with Crippen LogP contribution in [0.3, 0.4) is 0 Å². The standard InChI is InChI=1S/C16H13FN6O3/c1-10-5-6-11(7-14(10)23(25)26)16(24)18-9-15-19-20-21-22(15)13-4-2-3-12(17)8-13/h2-8H,9H2,1H3,(H,18,24). The molecule has 0 bridgehead atoms. The van der Waals surface area contributed by atoms with Gasteiger partial charge in [-0.1, -0.05) is 12.1 Å². The van der Waals surface area contributed by atoms with Crippen molar-refractivity contribution in [2.45, 2.75) is 13.5 Å². The molecule has 9 nitrogen and oxygen atoms in total. The topological polar surface area (TPSA) is 116 Å². The number of amides is 1. The first kappa shape index (κ1) is 17.1. The van der Waals surface area contributed by atoms with Crippen molar-refractivity contribution in [1.29, 1.82) is 0 Å². The van der Waals surface area contributed by atoms with Crippen molar-refractivity contribution < 1.29 is 14.1 Å². The monoisotopic (exact) mass is 356 g/mol. The number of aromatic nitrogens is 4. The molecule has 0 radical (unpaired) electrons. The van der Waals surface area contributed by atoms with E-state index in [-0.39, 0.29) is 23.6 Å². The molecule has 0 fully saturated rings. The highest BCUT2D eigenvalue weighted by atomic mass is 19.1. The molecular weight excluding hydrogens is 343 g/mol. The summed E-state index contributed by atoms with van der Waals surface area (Å²) in [5.74, 6) is -0.674. The van der Waals surface area contributed by atoms with E-state index in [9.17, 15) is 19.3 Å². The molecule has 2 aromatic carbocycles. The number of hydrogen-bond acceptors (Lipinski definition) is 6. The normalized spacial score (nSPS) is 10.5. The van der Waals surface area contributed by atoms with Gasteiger partial charge in [-0.3, -0.25) is 14.9 Å². The summed E-state index contributed by atoms with van der Waals surface area (Å²) in [5, 5.41) is 24.7. The van der Waals surface area contributed by atoms with E-state index >= 15 is 0 Å². The van der Waals surface area contributed by atoms with Gasteiger partial charge in [0.05, 0.1) is 17.2 Å². The van der Waals surface area contributed by atoms with E-state index in [1.807, 2.05) is 0 Å². The van der Waals surface area contributed by atoms with Gasteiger partial charge in [-0.05, 0) is 41.6 Å². The third kappa shape index (κ3) is 3.53. The second-order valence-electron chi connectivity index (χ2n) is 5.43. The minimum Gasteiger partial charge on any atom is -0.345 e. The van der Waals surface area contributed by atoms with Crippen LogP contribution in [0.5, 0.6) is 0 Å². The van der Waals surface area contributed by atoms with Crippen molar-refractivity contribution in [3.8, 4) is 5.69 Å². The van der Waals surface area contributed by atoms with Gasteiger partial charge < -0.3 is 5.32 Å². The summed E-state index contributed by atoms with van der Waals surface area (Å²) in [6.45, 7) is 1.55. The molecule has 0 aliphatic rings. The van der Waals surface area contributed by atoms with Crippen LogP contribution in [0.2, 0.25) is 0 Å². The summed E-state index contributed by atoms with van der Waals surface area (Å²) in [6, 6.07) is 9.89. The van der Waals surface area contributed by atoms with Crippen LogP contribution in [0, 0.1) is 22.9 Å². The van der Waals surface area contributed by atoms with Crippen molar-refractivity contribution in [3.05, 3.63) is 75.3 Å². The zero-order chi connectivity index (χ0) is 18.7. The summed E-state index contributed by atoms with van der Waals surface area (Å²) in [5.41, 5.74) is 0.876. The van der Waals surface area contributed by atoms with E-state index < -0.39 is 16.6 Å². The van der Waals surface area contributed by atoms with Crippen molar-refractivity contribution in [3.63, 3.8) is 0 Å². The molecule has 26 heavy (non-hydrogen) atoms. The molecule has 0 saturated carbocycles. The quantitative estimate of drug-likeness (QED) is 0.552. The Hall–Kier alpha value is -3.69. The Morgan fingerprint density at radius 3 is 2.85 bits per heavy atom. The van der Waals surface area contributed by atoms with Crippen LogP contribution >= 0.6 is 0 Å². The number of nitro benzene ring substituents is 1. The molecule has 1 heterocycles. The van der Waals surface area contributed by atoms with Gasteiger partial charge in [0.15, 0.2) is 5.82 Å². The Balaban J connectivity index is 1.76. The Morgan fingerprint density at radius 2 is 2.12 bits per heavy atom. The van der Waals surface area contributed by atoms with E-state index in [0.717, 1.165) is 0 Å². The molecule has 1 N–H and O–H groups in total. The number of carbonyl (C=O) groups excluding carboxylic acids is 1. The number of nitrogens with one attached hydrogen (secondary N) is 1. The third-order valence-corrected chi connectivity index (χ3v) is 3.66. The molecule has 1 amide bonds.